The number of nitrogens with one attached hydrogen (secondary N) is 2. The van der Waals surface area contributed by atoms with Crippen molar-refractivity contribution in [1.82, 2.24) is 20.2 Å². The molecule has 1 aliphatic heterocycles. The highest BCUT2D eigenvalue weighted by Crippen LogP contribution is 2.35. The van der Waals surface area contributed by atoms with E-state index in [2.05, 4.69) is 37.2 Å². The molecular formula is C27H29FN6O. The Labute approximate surface area is 203 Å². The molecule has 5 rings (SSSR count). The maximum Gasteiger partial charge on any atom is 0.255 e. The van der Waals surface area contributed by atoms with Crippen LogP contribution in [0.5, 0.6) is 0 Å². The fourth-order valence-electron chi connectivity index (χ4n) is 4.73. The smallest absolute Gasteiger partial charge is 0.255 e. The summed E-state index contributed by atoms with van der Waals surface area (Å²) in [6.45, 7) is 4.50. The lowest BCUT2D eigenvalue weighted by Gasteiger charge is -2.32. The summed E-state index contributed by atoms with van der Waals surface area (Å²) in [6.07, 6.45) is 1.61. The molecule has 0 atom stereocenters. The van der Waals surface area contributed by atoms with E-state index in [9.17, 15) is 4.79 Å². The van der Waals surface area contributed by atoms with Gasteiger partial charge in [-0.25, -0.2) is 4.98 Å². The number of hydrogen-bond acceptors (Lipinski definition) is 6. The van der Waals surface area contributed by atoms with Gasteiger partial charge in [0.05, 0.1) is 0 Å². The van der Waals surface area contributed by atoms with Crippen molar-refractivity contribution in [3.05, 3.63) is 76.6 Å². The number of benzene rings is 2. The molecular weight excluding hydrogens is 443 g/mol. The molecule has 0 amide bonds. The average Bonchev–Trinajstić information content (AvgIpc) is 2.84. The summed E-state index contributed by atoms with van der Waals surface area (Å²) in [5, 5.41) is 4.76. The zero-order valence-electron chi connectivity index (χ0n) is 19.9. The van der Waals surface area contributed by atoms with E-state index in [0.29, 0.717) is 16.5 Å². The first kappa shape index (κ1) is 23.0. The van der Waals surface area contributed by atoms with Gasteiger partial charge in [-0.15, -0.1) is 0 Å². The van der Waals surface area contributed by atoms with Crippen LogP contribution in [0.2, 0.25) is 0 Å². The van der Waals surface area contributed by atoms with Crippen LogP contribution in [0.15, 0.2) is 59.5 Å². The molecule has 4 N–H and O–H groups in total. The van der Waals surface area contributed by atoms with E-state index in [4.69, 9.17) is 5.73 Å². The monoisotopic (exact) mass is 472 g/mol. The minimum absolute atomic E-state index is 0.112. The molecule has 35 heavy (non-hydrogen) atoms. The normalized spacial score (nSPS) is 14.1. The third-order valence-electron chi connectivity index (χ3n) is 6.42. The third-order valence-corrected chi connectivity index (χ3v) is 6.42. The fourth-order valence-corrected chi connectivity index (χ4v) is 4.73. The summed E-state index contributed by atoms with van der Waals surface area (Å²) in [4.78, 5) is 23.3. The van der Waals surface area contributed by atoms with E-state index >= 15 is 4.39 Å². The molecule has 180 valence electrons. The zero-order valence-corrected chi connectivity index (χ0v) is 19.9. The van der Waals surface area contributed by atoms with Gasteiger partial charge in [-0.3, -0.25) is 4.79 Å². The number of aromatic amines is 1. The summed E-state index contributed by atoms with van der Waals surface area (Å²) in [5.41, 5.74) is 10.9. The van der Waals surface area contributed by atoms with Gasteiger partial charge in [-0.1, -0.05) is 12.1 Å². The first-order valence-corrected chi connectivity index (χ1v) is 11.7. The molecule has 0 bridgehead atoms. The quantitative estimate of drug-likeness (QED) is 0.386. The summed E-state index contributed by atoms with van der Waals surface area (Å²) in [7, 11) is 4.06. The number of anilines is 2. The lowest BCUT2D eigenvalue weighted by molar-refractivity contribution is 0.402. The number of hydrogen-bond donors (Lipinski definition) is 3. The van der Waals surface area contributed by atoms with E-state index in [1.807, 2.05) is 38.4 Å². The van der Waals surface area contributed by atoms with Gasteiger partial charge in [-0.05, 0) is 72.6 Å². The average molecular weight is 473 g/mol. The fraction of sp³-hybridized carbons (Fsp3) is 0.259. The van der Waals surface area contributed by atoms with Crippen LogP contribution in [0, 0.1) is 5.95 Å². The highest BCUT2D eigenvalue weighted by atomic mass is 19.1. The van der Waals surface area contributed by atoms with E-state index in [1.54, 1.807) is 18.3 Å². The minimum atomic E-state index is -0.603. The summed E-state index contributed by atoms with van der Waals surface area (Å²) < 4.78 is 15.1. The number of piperazine rings is 1. The van der Waals surface area contributed by atoms with Crippen molar-refractivity contribution in [1.29, 1.82) is 0 Å². The van der Waals surface area contributed by atoms with Crippen LogP contribution in [0.25, 0.3) is 33.0 Å². The van der Waals surface area contributed by atoms with E-state index < -0.39 is 5.95 Å². The molecule has 3 heterocycles. The molecule has 1 saturated heterocycles. The van der Waals surface area contributed by atoms with Crippen LogP contribution >= 0.6 is 0 Å². The van der Waals surface area contributed by atoms with Crippen LogP contribution in [-0.2, 0) is 6.54 Å². The number of H-pyrrole nitrogens is 1. The number of rotatable bonds is 5. The number of nitrogens with zero attached hydrogens (tertiary/aromatic N) is 3. The molecule has 4 aromatic rings. The van der Waals surface area contributed by atoms with Gasteiger partial charge < -0.3 is 25.8 Å². The molecule has 0 unspecified atom stereocenters. The Morgan fingerprint density at radius 2 is 1.77 bits per heavy atom. The lowest BCUT2D eigenvalue weighted by Crippen LogP contribution is -2.44. The zero-order chi connectivity index (χ0) is 24.5. The van der Waals surface area contributed by atoms with Crippen LogP contribution in [0.1, 0.15) is 5.56 Å². The Morgan fingerprint density at radius 3 is 2.54 bits per heavy atom. The second-order valence-electron chi connectivity index (χ2n) is 9.19. The van der Waals surface area contributed by atoms with E-state index in [0.717, 1.165) is 54.8 Å². The van der Waals surface area contributed by atoms with Crippen molar-refractivity contribution in [3.63, 3.8) is 0 Å². The van der Waals surface area contributed by atoms with Gasteiger partial charge in [0, 0.05) is 61.1 Å². The SMILES string of the molecule is CN(C)Cc1cc(-c2cc(-c3ccc4c(=O)[nH]ccc4c3)c(N)nc2F)ccc1N1CCNCC1. The summed E-state index contributed by atoms with van der Waals surface area (Å²) in [5.74, 6) is -0.490. The van der Waals surface area contributed by atoms with Crippen LogP contribution in [0.4, 0.5) is 15.9 Å². The number of nitrogens with two attached hydrogens (primary N) is 1. The van der Waals surface area contributed by atoms with Crippen LogP contribution < -0.4 is 21.5 Å². The van der Waals surface area contributed by atoms with Gasteiger partial charge in [-0.2, -0.15) is 4.39 Å². The first-order valence-electron chi connectivity index (χ1n) is 11.7. The Bertz CT molecular complexity index is 1440. The highest BCUT2D eigenvalue weighted by Gasteiger charge is 2.18. The minimum Gasteiger partial charge on any atom is -0.383 e. The standard InChI is InChI=1S/C27H29FN6O/c1-33(2)16-20-14-17(4-6-24(20)34-11-9-30-10-12-34)22-15-23(26(29)32-25(22)28)18-3-5-21-19(13-18)7-8-31-27(21)35/h3-8,13-15,30H,9-12,16H2,1-2H3,(H2,29,32)(H,31,35). The van der Waals surface area contributed by atoms with Gasteiger partial charge >= 0.3 is 0 Å². The van der Waals surface area contributed by atoms with Crippen LogP contribution in [-0.4, -0.2) is 55.1 Å². The number of pyridine rings is 2. The van der Waals surface area contributed by atoms with E-state index in [1.165, 1.54) is 5.69 Å². The highest BCUT2D eigenvalue weighted by molar-refractivity contribution is 5.89. The van der Waals surface area contributed by atoms with Gasteiger partial charge in [0.15, 0.2) is 0 Å². The van der Waals surface area contributed by atoms with Gasteiger partial charge in [0.2, 0.25) is 5.95 Å². The third kappa shape index (κ3) is 4.62. The second kappa shape index (κ2) is 9.48. The topological polar surface area (TPSA) is 90.3 Å². The molecule has 2 aromatic heterocycles. The second-order valence-corrected chi connectivity index (χ2v) is 9.19. The van der Waals surface area contributed by atoms with E-state index in [-0.39, 0.29) is 11.4 Å². The van der Waals surface area contributed by atoms with Gasteiger partial charge in [0.25, 0.3) is 5.56 Å². The Morgan fingerprint density at radius 1 is 1.03 bits per heavy atom. The lowest BCUT2D eigenvalue weighted by atomic mass is 9.97. The Hall–Kier alpha value is -3.75. The number of fused-ring (bicyclic) bond motifs is 1. The summed E-state index contributed by atoms with van der Waals surface area (Å²) in [6, 6.07) is 15.1. The van der Waals surface area contributed by atoms with Gasteiger partial charge in [0.1, 0.15) is 5.82 Å². The molecule has 0 aliphatic carbocycles. The van der Waals surface area contributed by atoms with Crippen molar-refractivity contribution < 1.29 is 4.39 Å². The van der Waals surface area contributed by atoms with Crippen molar-refractivity contribution in [2.75, 3.05) is 50.9 Å². The molecule has 1 aliphatic rings. The maximum atomic E-state index is 15.1. The predicted octanol–water partition coefficient (Wildman–Crippen LogP) is 3.45. The molecule has 8 heteroatoms. The largest absolute Gasteiger partial charge is 0.383 e. The van der Waals surface area contributed by atoms with Crippen molar-refractivity contribution in [2.45, 2.75) is 6.54 Å². The number of nitrogen functional groups attached to an aromatic ring is 1. The van der Waals surface area contributed by atoms with Crippen LogP contribution in [0.3, 0.4) is 0 Å². The maximum absolute atomic E-state index is 15.1. The molecule has 7 nitrogen and oxygen atoms in total. The summed E-state index contributed by atoms with van der Waals surface area (Å²) >= 11 is 0. The Kier molecular flexibility index (Phi) is 6.23. The van der Waals surface area contributed by atoms with Crippen molar-refractivity contribution >= 4 is 22.3 Å². The molecule has 0 spiro atoms. The molecule has 1 fully saturated rings. The van der Waals surface area contributed by atoms with Crippen molar-refractivity contribution in [2.24, 2.45) is 0 Å². The molecule has 0 radical (unpaired) electrons. The first-order chi connectivity index (χ1) is 16.9. The predicted molar refractivity (Wildman–Crippen MR) is 140 cm³/mol. The molecule has 2 aromatic carbocycles. The number of halogens is 1. The molecule has 0 saturated carbocycles. The number of aromatic nitrogens is 2. The van der Waals surface area contributed by atoms with Crippen molar-refractivity contribution in [3.8, 4) is 22.3 Å². The Balaban J connectivity index is 1.59.